The number of carbonyl (C=O) groups is 1. The van der Waals surface area contributed by atoms with E-state index in [1.165, 1.54) is 19.2 Å². The molecule has 0 unspecified atom stereocenters. The van der Waals surface area contributed by atoms with E-state index in [0.717, 1.165) is 0 Å². The molecule has 124 valence electrons. The van der Waals surface area contributed by atoms with Crippen molar-refractivity contribution in [3.63, 3.8) is 0 Å². The normalized spacial score (nSPS) is 10.8. The number of nitriles is 1. The van der Waals surface area contributed by atoms with Gasteiger partial charge in [-0.2, -0.15) is 5.26 Å². The summed E-state index contributed by atoms with van der Waals surface area (Å²) in [6.45, 7) is 0.0373. The summed E-state index contributed by atoms with van der Waals surface area (Å²) in [4.78, 5) is 11.6. The highest BCUT2D eigenvalue weighted by Gasteiger charge is 2.14. The Labute approximate surface area is 140 Å². The SMILES string of the molecule is COC(=O)c1cccc(CNS(=O)(=O)c2cccc(CC#N)c2)c1. The van der Waals surface area contributed by atoms with Crippen molar-refractivity contribution in [2.45, 2.75) is 17.9 Å². The lowest BCUT2D eigenvalue weighted by Gasteiger charge is -2.08. The van der Waals surface area contributed by atoms with Gasteiger partial charge in [0.1, 0.15) is 0 Å². The van der Waals surface area contributed by atoms with Gasteiger partial charge in [-0.25, -0.2) is 17.9 Å². The third kappa shape index (κ3) is 4.41. The predicted octanol–water partition coefficient (Wildman–Crippen LogP) is 2.02. The molecule has 2 aromatic rings. The summed E-state index contributed by atoms with van der Waals surface area (Å²) in [5, 5.41) is 8.70. The van der Waals surface area contributed by atoms with Gasteiger partial charge >= 0.3 is 5.97 Å². The van der Waals surface area contributed by atoms with Crippen LogP contribution < -0.4 is 4.72 Å². The molecule has 1 N–H and O–H groups in total. The molecule has 0 bridgehead atoms. The lowest BCUT2D eigenvalue weighted by atomic mass is 10.1. The summed E-state index contributed by atoms with van der Waals surface area (Å²) >= 11 is 0. The molecule has 0 fully saturated rings. The molecule has 0 atom stereocenters. The molecule has 0 aliphatic carbocycles. The van der Waals surface area contributed by atoms with Crippen LogP contribution in [0.25, 0.3) is 0 Å². The summed E-state index contributed by atoms with van der Waals surface area (Å²) in [6.07, 6.45) is 0.143. The van der Waals surface area contributed by atoms with Gasteiger partial charge in [-0.1, -0.05) is 24.3 Å². The first-order valence-electron chi connectivity index (χ1n) is 7.09. The van der Waals surface area contributed by atoms with Crippen LogP contribution in [0.2, 0.25) is 0 Å². The first-order chi connectivity index (χ1) is 11.5. The fourth-order valence-electron chi connectivity index (χ4n) is 2.10. The summed E-state index contributed by atoms with van der Waals surface area (Å²) in [7, 11) is -2.43. The summed E-state index contributed by atoms with van der Waals surface area (Å²) in [5.41, 5.74) is 1.62. The number of rotatable bonds is 6. The highest BCUT2D eigenvalue weighted by molar-refractivity contribution is 7.89. The number of carbonyl (C=O) groups excluding carboxylic acids is 1. The second-order valence-corrected chi connectivity index (χ2v) is 6.77. The molecule has 0 aliphatic rings. The predicted molar refractivity (Wildman–Crippen MR) is 87.6 cm³/mol. The van der Waals surface area contributed by atoms with E-state index < -0.39 is 16.0 Å². The standard InChI is InChI=1S/C17H16N2O4S/c1-23-17(20)15-6-2-5-14(10-15)12-19-24(21,22)16-7-3-4-13(11-16)8-9-18/h2-7,10-11,19H,8,12H2,1H3. The smallest absolute Gasteiger partial charge is 0.337 e. The van der Waals surface area contributed by atoms with Crippen molar-refractivity contribution in [3.05, 3.63) is 65.2 Å². The quantitative estimate of drug-likeness (QED) is 0.809. The first kappa shape index (κ1) is 17.7. The van der Waals surface area contributed by atoms with E-state index in [9.17, 15) is 13.2 Å². The molecule has 2 rings (SSSR count). The minimum absolute atomic E-state index is 0.0373. The number of nitrogens with one attached hydrogen (secondary N) is 1. The van der Waals surface area contributed by atoms with Crippen LogP contribution in [0.5, 0.6) is 0 Å². The molecule has 24 heavy (non-hydrogen) atoms. The van der Waals surface area contributed by atoms with Gasteiger partial charge in [0.2, 0.25) is 10.0 Å². The van der Waals surface area contributed by atoms with Crippen LogP contribution in [0.4, 0.5) is 0 Å². The molecule has 0 aromatic heterocycles. The highest BCUT2D eigenvalue weighted by Crippen LogP contribution is 2.13. The Kier molecular flexibility index (Phi) is 5.68. The second kappa shape index (κ2) is 7.73. The molecule has 2 aromatic carbocycles. The summed E-state index contributed by atoms with van der Waals surface area (Å²) in [6, 6.07) is 14.7. The van der Waals surface area contributed by atoms with E-state index in [1.807, 2.05) is 6.07 Å². The number of benzene rings is 2. The Morgan fingerprint density at radius 3 is 2.58 bits per heavy atom. The Bertz CT molecular complexity index is 885. The monoisotopic (exact) mass is 344 g/mol. The van der Waals surface area contributed by atoms with E-state index >= 15 is 0 Å². The molecule has 0 aliphatic heterocycles. The molecular formula is C17H16N2O4S. The molecule has 0 spiro atoms. The highest BCUT2D eigenvalue weighted by atomic mass is 32.2. The van der Waals surface area contributed by atoms with Crippen LogP contribution in [-0.4, -0.2) is 21.5 Å². The van der Waals surface area contributed by atoms with E-state index in [4.69, 9.17) is 5.26 Å². The lowest BCUT2D eigenvalue weighted by Crippen LogP contribution is -2.23. The Morgan fingerprint density at radius 1 is 1.17 bits per heavy atom. The van der Waals surface area contributed by atoms with Crippen LogP contribution in [0.15, 0.2) is 53.4 Å². The number of sulfonamides is 1. The molecule has 0 amide bonds. The van der Waals surface area contributed by atoms with Gasteiger partial charge in [0.25, 0.3) is 0 Å². The number of hydrogen-bond donors (Lipinski definition) is 1. The average Bonchev–Trinajstić information content (AvgIpc) is 2.60. The van der Waals surface area contributed by atoms with Crippen LogP contribution in [-0.2, 0) is 27.7 Å². The van der Waals surface area contributed by atoms with E-state index in [-0.39, 0.29) is 17.9 Å². The van der Waals surface area contributed by atoms with Gasteiger partial charge in [-0.05, 0) is 35.4 Å². The van der Waals surface area contributed by atoms with E-state index in [0.29, 0.717) is 16.7 Å². The van der Waals surface area contributed by atoms with Gasteiger partial charge in [-0.15, -0.1) is 0 Å². The van der Waals surface area contributed by atoms with Crippen LogP contribution >= 0.6 is 0 Å². The molecular weight excluding hydrogens is 328 g/mol. The largest absolute Gasteiger partial charge is 0.465 e. The zero-order valence-electron chi connectivity index (χ0n) is 13.0. The number of nitrogens with zero attached hydrogens (tertiary/aromatic N) is 1. The minimum Gasteiger partial charge on any atom is -0.465 e. The van der Waals surface area contributed by atoms with Crippen molar-refractivity contribution in [1.82, 2.24) is 4.72 Å². The maximum atomic E-state index is 12.4. The van der Waals surface area contributed by atoms with Crippen molar-refractivity contribution in [2.75, 3.05) is 7.11 Å². The third-order valence-electron chi connectivity index (χ3n) is 3.31. The Morgan fingerprint density at radius 2 is 1.88 bits per heavy atom. The number of methoxy groups -OCH3 is 1. The summed E-state index contributed by atoms with van der Waals surface area (Å²) < 4.78 is 31.8. The molecule has 6 nitrogen and oxygen atoms in total. The Balaban J connectivity index is 2.15. The topological polar surface area (TPSA) is 96.3 Å². The van der Waals surface area contributed by atoms with E-state index in [2.05, 4.69) is 9.46 Å². The van der Waals surface area contributed by atoms with Gasteiger partial charge in [0.05, 0.1) is 30.1 Å². The zero-order valence-corrected chi connectivity index (χ0v) is 13.8. The van der Waals surface area contributed by atoms with Crippen LogP contribution in [0.1, 0.15) is 21.5 Å². The van der Waals surface area contributed by atoms with Crippen LogP contribution in [0, 0.1) is 11.3 Å². The number of hydrogen-bond acceptors (Lipinski definition) is 5. The van der Waals surface area contributed by atoms with Crippen molar-refractivity contribution < 1.29 is 17.9 Å². The van der Waals surface area contributed by atoms with Gasteiger partial charge in [0, 0.05) is 6.54 Å². The Hall–Kier alpha value is -2.69. The summed E-state index contributed by atoms with van der Waals surface area (Å²) in [5.74, 6) is -0.482. The maximum absolute atomic E-state index is 12.4. The van der Waals surface area contributed by atoms with Gasteiger partial charge in [0.15, 0.2) is 0 Å². The fraction of sp³-hybridized carbons (Fsp3) is 0.176. The van der Waals surface area contributed by atoms with Gasteiger partial charge in [-0.3, -0.25) is 0 Å². The first-order valence-corrected chi connectivity index (χ1v) is 8.57. The molecule has 0 radical (unpaired) electrons. The lowest BCUT2D eigenvalue weighted by molar-refractivity contribution is 0.0600. The molecule has 0 saturated heterocycles. The van der Waals surface area contributed by atoms with Crippen LogP contribution in [0.3, 0.4) is 0 Å². The van der Waals surface area contributed by atoms with Crippen molar-refractivity contribution in [3.8, 4) is 6.07 Å². The van der Waals surface area contributed by atoms with Crippen molar-refractivity contribution in [2.24, 2.45) is 0 Å². The zero-order chi connectivity index (χ0) is 17.6. The molecule has 0 heterocycles. The van der Waals surface area contributed by atoms with E-state index in [1.54, 1.807) is 36.4 Å². The fourth-order valence-corrected chi connectivity index (χ4v) is 3.19. The number of esters is 1. The third-order valence-corrected chi connectivity index (χ3v) is 4.71. The molecule has 7 heteroatoms. The average molecular weight is 344 g/mol. The van der Waals surface area contributed by atoms with Crippen molar-refractivity contribution >= 4 is 16.0 Å². The van der Waals surface area contributed by atoms with Gasteiger partial charge < -0.3 is 4.74 Å². The van der Waals surface area contributed by atoms with Crippen molar-refractivity contribution in [1.29, 1.82) is 5.26 Å². The maximum Gasteiger partial charge on any atom is 0.337 e. The second-order valence-electron chi connectivity index (χ2n) is 5.00. The minimum atomic E-state index is -3.71. The number of ether oxygens (including phenoxy) is 1. The molecule has 0 saturated carbocycles.